The molecule has 1 rings (SSSR count). The van der Waals surface area contributed by atoms with E-state index in [0.29, 0.717) is 12.6 Å². The third kappa shape index (κ3) is 6.10. The van der Waals surface area contributed by atoms with Crippen molar-refractivity contribution in [3.8, 4) is 0 Å². The van der Waals surface area contributed by atoms with Crippen LogP contribution in [0.5, 0.6) is 0 Å². The third-order valence-electron chi connectivity index (χ3n) is 2.57. The number of aromatic nitrogens is 2. The van der Waals surface area contributed by atoms with Gasteiger partial charge in [-0.15, -0.1) is 0 Å². The van der Waals surface area contributed by atoms with Crippen LogP contribution in [0, 0.1) is 0 Å². The van der Waals surface area contributed by atoms with Gasteiger partial charge in [-0.25, -0.2) is 0 Å². The van der Waals surface area contributed by atoms with Crippen molar-refractivity contribution >= 4 is 11.8 Å². The SMILES string of the molecule is CCSCCC(C)NCc1cnn(CCO)c1. The Kier molecular flexibility index (Phi) is 7.32. The van der Waals surface area contributed by atoms with Crippen molar-refractivity contribution in [2.45, 2.75) is 39.4 Å². The quantitative estimate of drug-likeness (QED) is 0.658. The normalized spacial score (nSPS) is 12.9. The lowest BCUT2D eigenvalue weighted by Gasteiger charge is -2.12. The van der Waals surface area contributed by atoms with E-state index in [1.807, 2.05) is 24.2 Å². The van der Waals surface area contributed by atoms with E-state index >= 15 is 0 Å². The fourth-order valence-corrected chi connectivity index (χ4v) is 2.33. The first-order valence-corrected chi connectivity index (χ1v) is 7.35. The zero-order valence-electron chi connectivity index (χ0n) is 10.7. The lowest BCUT2D eigenvalue weighted by Crippen LogP contribution is -2.25. The molecule has 0 aliphatic heterocycles. The number of nitrogens with zero attached hydrogens (tertiary/aromatic N) is 2. The molecule has 0 saturated heterocycles. The number of aliphatic hydroxyl groups is 1. The Morgan fingerprint density at radius 2 is 2.41 bits per heavy atom. The zero-order chi connectivity index (χ0) is 12.5. The van der Waals surface area contributed by atoms with Gasteiger partial charge in [-0.05, 0) is 24.9 Å². The highest BCUT2D eigenvalue weighted by molar-refractivity contribution is 7.99. The summed E-state index contributed by atoms with van der Waals surface area (Å²) >= 11 is 1.98. The van der Waals surface area contributed by atoms with Gasteiger partial charge in [0.2, 0.25) is 0 Å². The molecule has 0 aromatic carbocycles. The van der Waals surface area contributed by atoms with Crippen molar-refractivity contribution < 1.29 is 5.11 Å². The highest BCUT2D eigenvalue weighted by Gasteiger charge is 2.03. The van der Waals surface area contributed by atoms with Crippen molar-refractivity contribution in [2.24, 2.45) is 0 Å². The molecule has 0 aliphatic carbocycles. The van der Waals surface area contributed by atoms with Crippen molar-refractivity contribution in [3.63, 3.8) is 0 Å². The van der Waals surface area contributed by atoms with Gasteiger partial charge < -0.3 is 10.4 Å². The summed E-state index contributed by atoms with van der Waals surface area (Å²) < 4.78 is 1.77. The average Bonchev–Trinajstić information content (AvgIpc) is 2.75. The number of hydrogen-bond acceptors (Lipinski definition) is 4. The molecule has 4 nitrogen and oxygen atoms in total. The standard InChI is InChI=1S/C12H23N3OS/c1-3-17-7-4-11(2)13-8-12-9-14-15(10-12)5-6-16/h9-11,13,16H,3-8H2,1-2H3. The molecule has 1 atom stereocenters. The second-order valence-corrected chi connectivity index (χ2v) is 5.50. The Labute approximate surface area is 108 Å². The summed E-state index contributed by atoms with van der Waals surface area (Å²) in [5.74, 6) is 2.41. The molecule has 0 amide bonds. The lowest BCUT2D eigenvalue weighted by atomic mass is 10.2. The van der Waals surface area contributed by atoms with Crippen molar-refractivity contribution in [1.82, 2.24) is 15.1 Å². The largest absolute Gasteiger partial charge is 0.394 e. The summed E-state index contributed by atoms with van der Waals surface area (Å²) in [6.45, 7) is 5.97. The zero-order valence-corrected chi connectivity index (χ0v) is 11.5. The highest BCUT2D eigenvalue weighted by atomic mass is 32.2. The molecule has 1 aromatic heterocycles. The molecule has 0 radical (unpaired) electrons. The first-order chi connectivity index (χ1) is 8.26. The summed E-state index contributed by atoms with van der Waals surface area (Å²) in [6, 6.07) is 0.537. The van der Waals surface area contributed by atoms with Gasteiger partial charge in [-0.1, -0.05) is 6.92 Å². The lowest BCUT2D eigenvalue weighted by molar-refractivity contribution is 0.269. The van der Waals surface area contributed by atoms with Crippen LogP contribution in [0.2, 0.25) is 0 Å². The van der Waals surface area contributed by atoms with E-state index in [-0.39, 0.29) is 6.61 Å². The Hall–Kier alpha value is -0.520. The van der Waals surface area contributed by atoms with E-state index in [1.54, 1.807) is 4.68 Å². The molecule has 1 unspecified atom stereocenters. The first kappa shape index (κ1) is 14.5. The van der Waals surface area contributed by atoms with E-state index in [1.165, 1.54) is 23.5 Å². The van der Waals surface area contributed by atoms with Gasteiger partial charge in [0, 0.05) is 24.3 Å². The van der Waals surface area contributed by atoms with Gasteiger partial charge in [0.1, 0.15) is 0 Å². The molecule has 2 N–H and O–H groups in total. The number of hydrogen-bond donors (Lipinski definition) is 2. The van der Waals surface area contributed by atoms with Crippen molar-refractivity contribution in [2.75, 3.05) is 18.1 Å². The Bertz CT molecular complexity index is 304. The molecule has 17 heavy (non-hydrogen) atoms. The van der Waals surface area contributed by atoms with Crippen LogP contribution in [0.4, 0.5) is 0 Å². The van der Waals surface area contributed by atoms with Crippen LogP contribution in [0.1, 0.15) is 25.8 Å². The summed E-state index contributed by atoms with van der Waals surface area (Å²) in [7, 11) is 0. The molecule has 5 heteroatoms. The Balaban J connectivity index is 2.19. The summed E-state index contributed by atoms with van der Waals surface area (Å²) in [4.78, 5) is 0. The molecule has 0 saturated carbocycles. The highest BCUT2D eigenvalue weighted by Crippen LogP contribution is 2.05. The van der Waals surface area contributed by atoms with Crippen molar-refractivity contribution in [3.05, 3.63) is 18.0 Å². The molecule has 0 aliphatic rings. The minimum Gasteiger partial charge on any atom is -0.394 e. The van der Waals surface area contributed by atoms with Gasteiger partial charge in [0.15, 0.2) is 0 Å². The van der Waals surface area contributed by atoms with Crippen LogP contribution in [-0.4, -0.2) is 39.0 Å². The summed E-state index contributed by atoms with van der Waals surface area (Å²) in [6.07, 6.45) is 5.04. The fraction of sp³-hybridized carbons (Fsp3) is 0.750. The van der Waals surface area contributed by atoms with Crippen LogP contribution in [0.25, 0.3) is 0 Å². The molecule has 1 heterocycles. The fourth-order valence-electron chi connectivity index (χ4n) is 1.52. The molecule has 1 aromatic rings. The summed E-state index contributed by atoms with van der Waals surface area (Å²) in [5.41, 5.74) is 1.17. The van der Waals surface area contributed by atoms with Crippen LogP contribution < -0.4 is 5.32 Å². The maximum Gasteiger partial charge on any atom is 0.0640 e. The predicted octanol–water partition coefficient (Wildman–Crippen LogP) is 1.50. The number of aliphatic hydroxyl groups excluding tert-OH is 1. The maximum absolute atomic E-state index is 8.79. The molecule has 98 valence electrons. The smallest absolute Gasteiger partial charge is 0.0640 e. The molecule has 0 spiro atoms. The molecule has 0 fully saturated rings. The Morgan fingerprint density at radius 1 is 1.59 bits per heavy atom. The number of rotatable bonds is 9. The molecular formula is C12H23N3OS. The van der Waals surface area contributed by atoms with E-state index < -0.39 is 0 Å². The van der Waals surface area contributed by atoms with Crippen LogP contribution in [-0.2, 0) is 13.1 Å². The van der Waals surface area contributed by atoms with E-state index in [2.05, 4.69) is 24.3 Å². The van der Waals surface area contributed by atoms with E-state index in [4.69, 9.17) is 5.11 Å². The van der Waals surface area contributed by atoms with Gasteiger partial charge in [-0.2, -0.15) is 16.9 Å². The van der Waals surface area contributed by atoms with Crippen LogP contribution in [0.3, 0.4) is 0 Å². The predicted molar refractivity (Wildman–Crippen MR) is 73.2 cm³/mol. The maximum atomic E-state index is 8.79. The third-order valence-corrected chi connectivity index (χ3v) is 3.50. The summed E-state index contributed by atoms with van der Waals surface area (Å²) in [5, 5.41) is 16.4. The second kappa shape index (κ2) is 8.55. The number of thioether (sulfide) groups is 1. The van der Waals surface area contributed by atoms with Crippen molar-refractivity contribution in [1.29, 1.82) is 0 Å². The average molecular weight is 257 g/mol. The molecule has 0 bridgehead atoms. The van der Waals surface area contributed by atoms with Gasteiger partial charge in [-0.3, -0.25) is 4.68 Å². The van der Waals surface area contributed by atoms with Crippen LogP contribution >= 0.6 is 11.8 Å². The van der Waals surface area contributed by atoms with E-state index in [9.17, 15) is 0 Å². The van der Waals surface area contributed by atoms with E-state index in [0.717, 1.165) is 6.54 Å². The van der Waals surface area contributed by atoms with Gasteiger partial charge in [0.25, 0.3) is 0 Å². The second-order valence-electron chi connectivity index (χ2n) is 4.10. The minimum atomic E-state index is 0.138. The van der Waals surface area contributed by atoms with Gasteiger partial charge in [0.05, 0.1) is 19.3 Å². The topological polar surface area (TPSA) is 50.1 Å². The Morgan fingerprint density at radius 3 is 3.12 bits per heavy atom. The van der Waals surface area contributed by atoms with Crippen LogP contribution in [0.15, 0.2) is 12.4 Å². The monoisotopic (exact) mass is 257 g/mol. The molecular weight excluding hydrogens is 234 g/mol. The first-order valence-electron chi connectivity index (χ1n) is 6.19. The minimum absolute atomic E-state index is 0.138. The number of nitrogens with one attached hydrogen (secondary N) is 1. The van der Waals surface area contributed by atoms with Gasteiger partial charge >= 0.3 is 0 Å².